The maximum atomic E-state index is 13.7. The van der Waals surface area contributed by atoms with E-state index in [4.69, 9.17) is 10.5 Å². The van der Waals surface area contributed by atoms with Crippen molar-refractivity contribution in [2.24, 2.45) is 0 Å². The first-order chi connectivity index (χ1) is 8.44. The summed E-state index contributed by atoms with van der Waals surface area (Å²) < 4.78 is 57.1. The number of sulfonamides is 1. The Hall–Kier alpha value is -1.25. The topological polar surface area (TPSA) is 72.6 Å². The summed E-state index contributed by atoms with van der Waals surface area (Å²) in [7, 11) is -4.00. The summed E-state index contributed by atoms with van der Waals surface area (Å²) in [4.78, 5) is -0.608. The minimum absolute atomic E-state index is 0.138. The monoisotopic (exact) mass is 278 g/mol. The van der Waals surface area contributed by atoms with Crippen LogP contribution in [0, 0.1) is 11.6 Å². The molecule has 1 heterocycles. The van der Waals surface area contributed by atoms with Gasteiger partial charge in [0.15, 0.2) is 5.82 Å². The lowest BCUT2D eigenvalue weighted by atomic mass is 10.3. The lowest BCUT2D eigenvalue weighted by molar-refractivity contribution is 0.0729. The molecule has 0 atom stereocenters. The predicted octanol–water partition coefficient (Wildman–Crippen LogP) is 0.568. The largest absolute Gasteiger partial charge is 0.394 e. The summed E-state index contributed by atoms with van der Waals surface area (Å²) in [5, 5.41) is 0. The lowest BCUT2D eigenvalue weighted by Crippen LogP contribution is -2.41. The summed E-state index contributed by atoms with van der Waals surface area (Å²) >= 11 is 0. The molecule has 0 aromatic heterocycles. The highest BCUT2D eigenvalue weighted by Gasteiger charge is 2.30. The van der Waals surface area contributed by atoms with Crippen molar-refractivity contribution in [2.45, 2.75) is 4.90 Å². The molecule has 0 bridgehead atoms. The minimum Gasteiger partial charge on any atom is -0.394 e. The van der Waals surface area contributed by atoms with Crippen LogP contribution in [0.2, 0.25) is 0 Å². The van der Waals surface area contributed by atoms with Gasteiger partial charge in [-0.3, -0.25) is 0 Å². The Balaban J connectivity index is 2.44. The van der Waals surface area contributed by atoms with Crippen LogP contribution in [0.1, 0.15) is 0 Å². The Bertz CT molecular complexity index is 556. The van der Waals surface area contributed by atoms with Crippen molar-refractivity contribution >= 4 is 15.7 Å². The third kappa shape index (κ3) is 2.18. The number of hydrogen-bond acceptors (Lipinski definition) is 4. The molecule has 1 aromatic carbocycles. The molecule has 0 amide bonds. The van der Waals surface area contributed by atoms with E-state index in [1.807, 2.05) is 0 Å². The molecule has 1 fully saturated rings. The van der Waals surface area contributed by atoms with Crippen molar-refractivity contribution in [3.63, 3.8) is 0 Å². The van der Waals surface area contributed by atoms with Crippen molar-refractivity contribution in [2.75, 3.05) is 32.0 Å². The van der Waals surface area contributed by atoms with Gasteiger partial charge in [-0.25, -0.2) is 17.2 Å². The fourth-order valence-electron chi connectivity index (χ4n) is 1.67. The van der Waals surface area contributed by atoms with Crippen molar-refractivity contribution in [1.82, 2.24) is 4.31 Å². The van der Waals surface area contributed by atoms with E-state index in [0.717, 1.165) is 16.4 Å². The molecule has 1 aliphatic rings. The van der Waals surface area contributed by atoms with Crippen LogP contribution < -0.4 is 5.73 Å². The summed E-state index contributed by atoms with van der Waals surface area (Å²) in [6, 6.07) is 1.72. The maximum Gasteiger partial charge on any atom is 0.246 e. The van der Waals surface area contributed by atoms with Crippen LogP contribution in [0.3, 0.4) is 0 Å². The van der Waals surface area contributed by atoms with Gasteiger partial charge in [0, 0.05) is 13.1 Å². The number of ether oxygens (including phenoxy) is 1. The molecule has 5 nitrogen and oxygen atoms in total. The molecule has 1 aliphatic heterocycles. The number of morpholine rings is 1. The van der Waals surface area contributed by atoms with Gasteiger partial charge in [0.05, 0.1) is 13.2 Å². The molecule has 0 radical (unpaired) electrons. The molecule has 1 aromatic rings. The van der Waals surface area contributed by atoms with Crippen LogP contribution in [0.15, 0.2) is 17.0 Å². The molecule has 8 heteroatoms. The second-order valence-corrected chi connectivity index (χ2v) is 5.70. The number of halogens is 2. The average Bonchev–Trinajstić information content (AvgIpc) is 2.37. The Morgan fingerprint density at radius 2 is 1.83 bits per heavy atom. The number of nitrogens with zero attached hydrogens (tertiary/aromatic N) is 1. The normalized spacial score (nSPS) is 17.9. The van der Waals surface area contributed by atoms with Crippen molar-refractivity contribution in [3.8, 4) is 0 Å². The summed E-state index contributed by atoms with van der Waals surface area (Å²) in [5.74, 6) is -2.23. The van der Waals surface area contributed by atoms with Crippen LogP contribution in [0.5, 0.6) is 0 Å². The Morgan fingerprint density at radius 3 is 2.44 bits per heavy atom. The van der Waals surface area contributed by atoms with Gasteiger partial charge in [0.25, 0.3) is 0 Å². The number of benzene rings is 1. The van der Waals surface area contributed by atoms with Crippen LogP contribution in [0.25, 0.3) is 0 Å². The van der Waals surface area contributed by atoms with Gasteiger partial charge in [-0.1, -0.05) is 0 Å². The maximum absolute atomic E-state index is 13.7. The lowest BCUT2D eigenvalue weighted by Gasteiger charge is -2.26. The molecule has 0 saturated carbocycles. The Labute approximate surface area is 103 Å². The zero-order valence-electron chi connectivity index (χ0n) is 9.40. The molecule has 0 unspecified atom stereocenters. The summed E-state index contributed by atoms with van der Waals surface area (Å²) in [6.07, 6.45) is 0. The SMILES string of the molecule is Nc1c(F)ccc(S(=O)(=O)N2CCOCC2)c1F. The standard InChI is InChI=1S/C10H12F2N2O3S/c11-7-1-2-8(9(12)10(7)13)18(15,16)14-3-5-17-6-4-14/h1-2H,3-6,13H2. The second kappa shape index (κ2) is 4.79. The van der Waals surface area contributed by atoms with Crippen molar-refractivity contribution in [1.29, 1.82) is 0 Å². The zero-order chi connectivity index (χ0) is 13.3. The van der Waals surface area contributed by atoms with Crippen LogP contribution in [-0.4, -0.2) is 39.0 Å². The van der Waals surface area contributed by atoms with Crippen LogP contribution in [-0.2, 0) is 14.8 Å². The minimum atomic E-state index is -4.00. The molecule has 100 valence electrons. The van der Waals surface area contributed by atoms with Gasteiger partial charge in [-0.05, 0) is 12.1 Å². The first-order valence-electron chi connectivity index (χ1n) is 5.26. The van der Waals surface area contributed by atoms with Crippen molar-refractivity contribution < 1.29 is 21.9 Å². The molecule has 2 N–H and O–H groups in total. The molecule has 1 saturated heterocycles. The number of nitrogens with two attached hydrogens (primary N) is 1. The van der Waals surface area contributed by atoms with Crippen LogP contribution >= 0.6 is 0 Å². The van der Waals surface area contributed by atoms with Gasteiger partial charge < -0.3 is 10.5 Å². The van der Waals surface area contributed by atoms with Gasteiger partial charge in [0.1, 0.15) is 16.4 Å². The molecule has 0 spiro atoms. The first kappa shape index (κ1) is 13.2. The first-order valence-corrected chi connectivity index (χ1v) is 6.70. The smallest absolute Gasteiger partial charge is 0.246 e. The molecule has 2 rings (SSSR count). The Kier molecular flexibility index (Phi) is 3.51. The fraction of sp³-hybridized carbons (Fsp3) is 0.400. The van der Waals surface area contributed by atoms with E-state index in [1.54, 1.807) is 0 Å². The third-order valence-corrected chi connectivity index (χ3v) is 4.60. The van der Waals surface area contributed by atoms with Gasteiger partial charge in [-0.2, -0.15) is 4.31 Å². The number of rotatable bonds is 2. The number of nitrogen functional groups attached to an aromatic ring is 1. The van der Waals surface area contributed by atoms with Gasteiger partial charge in [-0.15, -0.1) is 0 Å². The molecule has 0 aliphatic carbocycles. The van der Waals surface area contributed by atoms with E-state index in [1.165, 1.54) is 0 Å². The van der Waals surface area contributed by atoms with E-state index >= 15 is 0 Å². The van der Waals surface area contributed by atoms with E-state index in [9.17, 15) is 17.2 Å². The summed E-state index contributed by atoms with van der Waals surface area (Å²) in [5.41, 5.74) is 4.36. The molecular formula is C10H12F2N2O3S. The highest BCUT2D eigenvalue weighted by atomic mass is 32.2. The molecule has 18 heavy (non-hydrogen) atoms. The zero-order valence-corrected chi connectivity index (χ0v) is 10.2. The van der Waals surface area contributed by atoms with Gasteiger partial charge in [0.2, 0.25) is 10.0 Å². The highest BCUT2D eigenvalue weighted by molar-refractivity contribution is 7.89. The van der Waals surface area contributed by atoms with E-state index in [0.29, 0.717) is 0 Å². The quantitative estimate of drug-likeness (QED) is 0.803. The van der Waals surface area contributed by atoms with Crippen LogP contribution in [0.4, 0.5) is 14.5 Å². The van der Waals surface area contributed by atoms with E-state index in [-0.39, 0.29) is 26.3 Å². The van der Waals surface area contributed by atoms with Crippen molar-refractivity contribution in [3.05, 3.63) is 23.8 Å². The van der Waals surface area contributed by atoms with E-state index < -0.39 is 32.2 Å². The predicted molar refractivity (Wildman–Crippen MR) is 60.3 cm³/mol. The van der Waals surface area contributed by atoms with E-state index in [2.05, 4.69) is 0 Å². The summed E-state index contributed by atoms with van der Waals surface area (Å²) in [6.45, 7) is 0.771. The third-order valence-electron chi connectivity index (χ3n) is 2.68. The second-order valence-electron chi connectivity index (χ2n) is 3.79. The Morgan fingerprint density at radius 1 is 1.22 bits per heavy atom. The fourth-order valence-corrected chi connectivity index (χ4v) is 3.16. The average molecular weight is 278 g/mol. The highest BCUT2D eigenvalue weighted by Crippen LogP contribution is 2.25. The molecular weight excluding hydrogens is 266 g/mol. The number of anilines is 1. The number of hydrogen-bond donors (Lipinski definition) is 1. The van der Waals surface area contributed by atoms with Gasteiger partial charge >= 0.3 is 0 Å².